The van der Waals surface area contributed by atoms with Crippen molar-refractivity contribution in [2.24, 2.45) is 5.41 Å². The summed E-state index contributed by atoms with van der Waals surface area (Å²) in [5, 5.41) is 1.10. The highest BCUT2D eigenvalue weighted by Crippen LogP contribution is 2.30. The smallest absolute Gasteiger partial charge is 0.111 e. The molecule has 0 unspecified atom stereocenters. The third-order valence-corrected chi connectivity index (χ3v) is 4.18. The van der Waals surface area contributed by atoms with E-state index in [9.17, 15) is 0 Å². The van der Waals surface area contributed by atoms with Crippen molar-refractivity contribution in [3.05, 3.63) is 28.0 Å². The minimum absolute atomic E-state index is 0.269. The largest absolute Gasteiger partial charge is 0.328 e. The van der Waals surface area contributed by atoms with Crippen LogP contribution in [0.5, 0.6) is 0 Å². The van der Waals surface area contributed by atoms with Crippen LogP contribution in [0.4, 0.5) is 0 Å². The Labute approximate surface area is 135 Å². The highest BCUT2D eigenvalue weighted by molar-refractivity contribution is 6.42. The lowest BCUT2D eigenvalue weighted by Gasteiger charge is -2.19. The summed E-state index contributed by atoms with van der Waals surface area (Å²) in [4.78, 5) is 4.64. The van der Waals surface area contributed by atoms with Crippen LogP contribution in [0.3, 0.4) is 0 Å². The van der Waals surface area contributed by atoms with Gasteiger partial charge in [-0.3, -0.25) is 0 Å². The van der Waals surface area contributed by atoms with E-state index in [1.807, 2.05) is 12.1 Å². The number of alkyl halides is 1. The summed E-state index contributed by atoms with van der Waals surface area (Å²) in [7, 11) is 0. The monoisotopic (exact) mass is 332 g/mol. The lowest BCUT2D eigenvalue weighted by atomic mass is 9.92. The lowest BCUT2D eigenvalue weighted by molar-refractivity contribution is 0.350. The van der Waals surface area contributed by atoms with Crippen molar-refractivity contribution >= 4 is 45.8 Å². The van der Waals surface area contributed by atoms with Crippen molar-refractivity contribution in [3.63, 3.8) is 0 Å². The first-order valence-electron chi connectivity index (χ1n) is 6.72. The van der Waals surface area contributed by atoms with Gasteiger partial charge in [-0.25, -0.2) is 4.98 Å². The molecule has 5 heteroatoms. The van der Waals surface area contributed by atoms with Gasteiger partial charge >= 0.3 is 0 Å². The van der Waals surface area contributed by atoms with Crippen LogP contribution in [0.2, 0.25) is 10.0 Å². The zero-order valence-electron chi connectivity index (χ0n) is 12.0. The Morgan fingerprint density at radius 3 is 2.40 bits per heavy atom. The van der Waals surface area contributed by atoms with Crippen molar-refractivity contribution < 1.29 is 0 Å². The van der Waals surface area contributed by atoms with Gasteiger partial charge < -0.3 is 4.57 Å². The van der Waals surface area contributed by atoms with Crippen LogP contribution < -0.4 is 0 Å². The van der Waals surface area contributed by atoms with Gasteiger partial charge in [0.2, 0.25) is 0 Å². The van der Waals surface area contributed by atoms with Crippen LogP contribution in [0.25, 0.3) is 11.0 Å². The summed E-state index contributed by atoms with van der Waals surface area (Å²) in [6.45, 7) is 7.61. The quantitative estimate of drug-likeness (QED) is 0.670. The van der Waals surface area contributed by atoms with Crippen molar-refractivity contribution in [1.82, 2.24) is 9.55 Å². The summed E-state index contributed by atoms with van der Waals surface area (Å²) in [5.74, 6) is 1.55. The highest BCUT2D eigenvalue weighted by Gasteiger charge is 2.16. The number of aryl methyl sites for hydroxylation is 2. The fraction of sp³-hybridized carbons (Fsp3) is 0.533. The van der Waals surface area contributed by atoms with Crippen molar-refractivity contribution in [3.8, 4) is 0 Å². The molecule has 2 rings (SSSR count). The molecule has 2 aromatic rings. The summed E-state index contributed by atoms with van der Waals surface area (Å²) in [6.07, 6.45) is 1.81. The molecule has 0 spiro atoms. The minimum Gasteiger partial charge on any atom is -0.328 e. The van der Waals surface area contributed by atoms with E-state index in [2.05, 4.69) is 30.3 Å². The number of imidazole rings is 1. The molecule has 0 bridgehead atoms. The van der Waals surface area contributed by atoms with Gasteiger partial charge in [0.1, 0.15) is 5.82 Å². The predicted octanol–water partition coefficient (Wildman–Crippen LogP) is 5.56. The van der Waals surface area contributed by atoms with E-state index < -0.39 is 0 Å². The second-order valence-corrected chi connectivity index (χ2v) is 7.38. The molecule has 20 heavy (non-hydrogen) atoms. The molecule has 0 radical (unpaired) electrons. The highest BCUT2D eigenvalue weighted by atomic mass is 35.5. The maximum Gasteiger partial charge on any atom is 0.111 e. The van der Waals surface area contributed by atoms with Crippen LogP contribution in [0, 0.1) is 5.41 Å². The number of rotatable bonds is 4. The molecule has 0 fully saturated rings. The Bertz CT molecular complexity index is 612. The van der Waals surface area contributed by atoms with E-state index in [1.54, 1.807) is 0 Å². The Balaban J connectivity index is 2.47. The van der Waals surface area contributed by atoms with E-state index in [0.717, 1.165) is 36.2 Å². The zero-order valence-corrected chi connectivity index (χ0v) is 14.3. The fourth-order valence-corrected chi connectivity index (χ4v) is 2.63. The van der Waals surface area contributed by atoms with E-state index in [0.29, 0.717) is 15.9 Å². The molecule has 1 aromatic carbocycles. The van der Waals surface area contributed by atoms with Gasteiger partial charge in [-0.1, -0.05) is 44.0 Å². The number of halogens is 3. The van der Waals surface area contributed by atoms with Gasteiger partial charge in [-0.15, -0.1) is 11.6 Å². The van der Waals surface area contributed by atoms with E-state index in [1.165, 1.54) is 0 Å². The number of fused-ring (bicyclic) bond motifs is 1. The maximum absolute atomic E-state index is 6.14. The molecule has 0 aliphatic carbocycles. The zero-order chi connectivity index (χ0) is 14.9. The van der Waals surface area contributed by atoms with Crippen LogP contribution in [0.1, 0.15) is 33.0 Å². The second-order valence-electron chi connectivity index (χ2n) is 6.18. The number of hydrogen-bond acceptors (Lipinski definition) is 1. The van der Waals surface area contributed by atoms with Crippen molar-refractivity contribution in [2.45, 2.75) is 40.2 Å². The van der Waals surface area contributed by atoms with Gasteiger partial charge in [-0.05, 0) is 24.0 Å². The van der Waals surface area contributed by atoms with Crippen LogP contribution >= 0.6 is 34.8 Å². The first kappa shape index (κ1) is 15.9. The van der Waals surface area contributed by atoms with Gasteiger partial charge in [0, 0.05) is 18.8 Å². The normalized spacial score (nSPS) is 12.3. The summed E-state index contributed by atoms with van der Waals surface area (Å²) >= 11 is 18.1. The number of benzene rings is 1. The summed E-state index contributed by atoms with van der Waals surface area (Å²) in [5.41, 5.74) is 2.18. The molecule has 0 aliphatic rings. The van der Waals surface area contributed by atoms with Gasteiger partial charge in [0.15, 0.2) is 0 Å². The number of aromatic nitrogens is 2. The Kier molecular flexibility index (Phi) is 4.88. The van der Waals surface area contributed by atoms with Crippen molar-refractivity contribution in [2.75, 3.05) is 5.88 Å². The van der Waals surface area contributed by atoms with Gasteiger partial charge in [0.05, 0.1) is 21.1 Å². The summed E-state index contributed by atoms with van der Waals surface area (Å²) < 4.78 is 2.21. The lowest BCUT2D eigenvalue weighted by Crippen LogP contribution is -2.12. The average Bonchev–Trinajstić information content (AvgIpc) is 2.64. The predicted molar refractivity (Wildman–Crippen MR) is 88.2 cm³/mol. The van der Waals surface area contributed by atoms with Crippen molar-refractivity contribution in [1.29, 1.82) is 0 Å². The van der Waals surface area contributed by atoms with E-state index in [-0.39, 0.29) is 5.41 Å². The molecule has 0 N–H and O–H groups in total. The van der Waals surface area contributed by atoms with Gasteiger partial charge in [0.25, 0.3) is 0 Å². The molecule has 1 aromatic heterocycles. The van der Waals surface area contributed by atoms with E-state index >= 15 is 0 Å². The first-order chi connectivity index (χ1) is 9.31. The third kappa shape index (κ3) is 3.60. The molecule has 0 saturated heterocycles. The van der Waals surface area contributed by atoms with Crippen LogP contribution in [0.15, 0.2) is 12.1 Å². The second kappa shape index (κ2) is 6.13. The summed E-state index contributed by atoms with van der Waals surface area (Å²) in [6, 6.07) is 3.72. The third-order valence-electron chi connectivity index (χ3n) is 3.27. The number of hydrogen-bond donors (Lipinski definition) is 0. The molecular formula is C15H19Cl3N2. The molecule has 1 heterocycles. The van der Waals surface area contributed by atoms with Gasteiger partial charge in [-0.2, -0.15) is 0 Å². The average molecular weight is 334 g/mol. The molecule has 0 aliphatic heterocycles. The van der Waals surface area contributed by atoms with Crippen LogP contribution in [-0.4, -0.2) is 15.4 Å². The molecule has 0 saturated carbocycles. The standard InChI is InChI=1S/C15H19Cl3N2/c1-15(2,3)5-7-20-13-9-11(18)10(17)8-12(13)19-14(20)4-6-16/h8-9H,4-7H2,1-3H3. The maximum atomic E-state index is 6.14. The minimum atomic E-state index is 0.269. The first-order valence-corrected chi connectivity index (χ1v) is 8.01. The molecular weight excluding hydrogens is 315 g/mol. The molecule has 0 atom stereocenters. The fourth-order valence-electron chi connectivity index (χ4n) is 2.14. The number of nitrogens with zero attached hydrogens (tertiary/aromatic N) is 2. The topological polar surface area (TPSA) is 17.8 Å². The Morgan fingerprint density at radius 1 is 1.15 bits per heavy atom. The molecule has 110 valence electrons. The molecule has 0 amide bonds. The van der Waals surface area contributed by atoms with Crippen LogP contribution in [-0.2, 0) is 13.0 Å². The Morgan fingerprint density at radius 2 is 1.80 bits per heavy atom. The Hall–Kier alpha value is -0.440. The molecule has 2 nitrogen and oxygen atoms in total. The SMILES string of the molecule is CC(C)(C)CCn1c(CCCl)nc2cc(Cl)c(Cl)cc21. The van der Waals surface area contributed by atoms with E-state index in [4.69, 9.17) is 34.8 Å².